The summed E-state index contributed by atoms with van der Waals surface area (Å²) >= 11 is 0. The van der Waals surface area contributed by atoms with Crippen LogP contribution >= 0.6 is 0 Å². The molecule has 0 aromatic rings. The summed E-state index contributed by atoms with van der Waals surface area (Å²) in [6.45, 7) is 4.32. The highest BCUT2D eigenvalue weighted by Gasteiger charge is 2.00. The molecule has 0 aliphatic heterocycles. The monoisotopic (exact) mass is 181 g/mol. The molecule has 0 spiro atoms. The molecule has 0 radical (unpaired) electrons. The Labute approximate surface area is 82.7 Å². The Morgan fingerprint density at radius 2 is 1.92 bits per heavy atom. The van der Waals surface area contributed by atoms with Gasteiger partial charge in [-0.15, -0.1) is 0 Å². The number of rotatable bonds is 8. The van der Waals surface area contributed by atoms with Crippen molar-refractivity contribution in [3.63, 3.8) is 0 Å². The second-order valence-corrected chi connectivity index (χ2v) is 3.50. The number of allylic oxidation sites excluding steroid dienone is 2. The van der Waals surface area contributed by atoms with Crippen molar-refractivity contribution in [3.8, 4) is 0 Å². The Bertz CT molecular complexity index is 138. The van der Waals surface area contributed by atoms with E-state index in [2.05, 4.69) is 26.0 Å². The maximum Gasteiger partial charge on any atom is -0.00168 e. The molecular weight excluding hydrogens is 158 g/mol. The van der Waals surface area contributed by atoms with E-state index in [9.17, 15) is 0 Å². The molecule has 0 heterocycles. The zero-order chi connectivity index (χ0) is 9.94. The van der Waals surface area contributed by atoms with Gasteiger partial charge < -0.3 is 5.41 Å². The summed E-state index contributed by atoms with van der Waals surface area (Å²) in [6.07, 6.45) is 13.3. The maximum atomic E-state index is 7.17. The van der Waals surface area contributed by atoms with E-state index in [0.717, 1.165) is 12.8 Å². The molecule has 0 aliphatic carbocycles. The van der Waals surface area contributed by atoms with E-state index in [1.165, 1.54) is 25.7 Å². The molecule has 1 heteroatoms. The van der Waals surface area contributed by atoms with E-state index >= 15 is 0 Å². The zero-order valence-electron chi connectivity index (χ0n) is 9.05. The highest BCUT2D eigenvalue weighted by Crippen LogP contribution is 2.11. The lowest BCUT2D eigenvalue weighted by molar-refractivity contribution is 0.564. The van der Waals surface area contributed by atoms with Crippen LogP contribution < -0.4 is 0 Å². The average Bonchev–Trinajstić information content (AvgIpc) is 2.17. The smallest absolute Gasteiger partial charge is 0.00168 e. The van der Waals surface area contributed by atoms with Gasteiger partial charge in [0.25, 0.3) is 0 Å². The molecule has 0 rings (SSSR count). The second kappa shape index (κ2) is 9.50. The molecule has 0 aromatic heterocycles. The highest BCUT2D eigenvalue weighted by atomic mass is 14.3. The standard InChI is InChI=1S/C12H23N/c1-3-5-6-7-8-9-10-12(4-2)11-13/h5-6,11-13H,3-4,7-10H2,1-2H3. The van der Waals surface area contributed by atoms with Crippen molar-refractivity contribution in [3.05, 3.63) is 12.2 Å². The summed E-state index contributed by atoms with van der Waals surface area (Å²) in [5.41, 5.74) is 0. The number of nitrogens with one attached hydrogen (secondary N) is 1. The summed E-state index contributed by atoms with van der Waals surface area (Å²) in [6, 6.07) is 0. The third-order valence-electron chi connectivity index (χ3n) is 2.36. The van der Waals surface area contributed by atoms with Gasteiger partial charge in [0.2, 0.25) is 0 Å². The summed E-state index contributed by atoms with van der Waals surface area (Å²) in [5, 5.41) is 7.17. The molecule has 76 valence electrons. The Hall–Kier alpha value is -0.590. The summed E-state index contributed by atoms with van der Waals surface area (Å²) < 4.78 is 0. The predicted octanol–water partition coefficient (Wildman–Crippen LogP) is 4.19. The Kier molecular flexibility index (Phi) is 9.07. The molecule has 0 aromatic carbocycles. The van der Waals surface area contributed by atoms with Gasteiger partial charge in [-0.3, -0.25) is 0 Å². The van der Waals surface area contributed by atoms with Gasteiger partial charge in [0, 0.05) is 0 Å². The van der Waals surface area contributed by atoms with Gasteiger partial charge >= 0.3 is 0 Å². The van der Waals surface area contributed by atoms with Crippen molar-refractivity contribution in [1.82, 2.24) is 0 Å². The van der Waals surface area contributed by atoms with Crippen molar-refractivity contribution in [1.29, 1.82) is 5.41 Å². The first-order chi connectivity index (χ1) is 6.35. The van der Waals surface area contributed by atoms with Crippen molar-refractivity contribution in [2.45, 2.75) is 52.4 Å². The number of unbranched alkanes of at least 4 members (excludes halogenated alkanes) is 2. The van der Waals surface area contributed by atoms with Gasteiger partial charge in [-0.2, -0.15) is 0 Å². The minimum atomic E-state index is 0.523. The third-order valence-corrected chi connectivity index (χ3v) is 2.36. The fraction of sp³-hybridized carbons (Fsp3) is 0.750. The second-order valence-electron chi connectivity index (χ2n) is 3.50. The first kappa shape index (κ1) is 12.4. The van der Waals surface area contributed by atoms with E-state index in [-0.39, 0.29) is 0 Å². The molecular formula is C12H23N. The minimum Gasteiger partial charge on any atom is -0.313 e. The van der Waals surface area contributed by atoms with Crippen LogP contribution in [-0.2, 0) is 0 Å². The van der Waals surface area contributed by atoms with Crippen LogP contribution in [0.25, 0.3) is 0 Å². The summed E-state index contributed by atoms with van der Waals surface area (Å²) in [7, 11) is 0. The Morgan fingerprint density at radius 1 is 1.15 bits per heavy atom. The van der Waals surface area contributed by atoms with Gasteiger partial charge in [0.05, 0.1) is 0 Å². The average molecular weight is 181 g/mol. The zero-order valence-corrected chi connectivity index (χ0v) is 9.05. The molecule has 1 atom stereocenters. The van der Waals surface area contributed by atoms with Crippen LogP contribution in [-0.4, -0.2) is 6.21 Å². The van der Waals surface area contributed by atoms with Crippen LogP contribution in [0.5, 0.6) is 0 Å². The van der Waals surface area contributed by atoms with Gasteiger partial charge in [0.15, 0.2) is 0 Å². The first-order valence-electron chi connectivity index (χ1n) is 5.50. The molecule has 1 unspecified atom stereocenters. The van der Waals surface area contributed by atoms with Crippen LogP contribution in [0.3, 0.4) is 0 Å². The number of hydrogen-bond donors (Lipinski definition) is 1. The van der Waals surface area contributed by atoms with Crippen LogP contribution in [0.4, 0.5) is 0 Å². The largest absolute Gasteiger partial charge is 0.313 e. The molecule has 0 saturated heterocycles. The fourth-order valence-electron chi connectivity index (χ4n) is 1.36. The lowest BCUT2D eigenvalue weighted by Crippen LogP contribution is -1.98. The molecule has 0 saturated carbocycles. The molecule has 0 aliphatic rings. The lowest BCUT2D eigenvalue weighted by atomic mass is 10.00. The van der Waals surface area contributed by atoms with E-state index in [1.54, 1.807) is 6.21 Å². The van der Waals surface area contributed by atoms with Crippen LogP contribution in [0, 0.1) is 11.3 Å². The van der Waals surface area contributed by atoms with Crippen molar-refractivity contribution in [2.75, 3.05) is 0 Å². The minimum absolute atomic E-state index is 0.523. The molecule has 13 heavy (non-hydrogen) atoms. The lowest BCUT2D eigenvalue weighted by Gasteiger charge is -2.06. The predicted molar refractivity (Wildman–Crippen MR) is 60.5 cm³/mol. The third kappa shape index (κ3) is 7.76. The Balaban J connectivity index is 3.24. The Morgan fingerprint density at radius 3 is 2.46 bits per heavy atom. The van der Waals surface area contributed by atoms with Crippen LogP contribution in [0.15, 0.2) is 12.2 Å². The van der Waals surface area contributed by atoms with Crippen molar-refractivity contribution >= 4 is 6.21 Å². The highest BCUT2D eigenvalue weighted by molar-refractivity contribution is 5.56. The van der Waals surface area contributed by atoms with E-state index < -0.39 is 0 Å². The topological polar surface area (TPSA) is 23.9 Å². The molecule has 0 bridgehead atoms. The maximum absolute atomic E-state index is 7.17. The van der Waals surface area contributed by atoms with Crippen LogP contribution in [0.2, 0.25) is 0 Å². The van der Waals surface area contributed by atoms with Gasteiger partial charge in [-0.1, -0.05) is 32.4 Å². The molecule has 1 nitrogen and oxygen atoms in total. The van der Waals surface area contributed by atoms with E-state index in [1.807, 2.05) is 0 Å². The van der Waals surface area contributed by atoms with Crippen LogP contribution in [0.1, 0.15) is 52.4 Å². The first-order valence-corrected chi connectivity index (χ1v) is 5.50. The molecule has 0 amide bonds. The van der Waals surface area contributed by atoms with Gasteiger partial charge in [-0.05, 0) is 44.2 Å². The van der Waals surface area contributed by atoms with E-state index in [0.29, 0.717) is 5.92 Å². The summed E-state index contributed by atoms with van der Waals surface area (Å²) in [4.78, 5) is 0. The van der Waals surface area contributed by atoms with E-state index in [4.69, 9.17) is 5.41 Å². The van der Waals surface area contributed by atoms with Gasteiger partial charge in [0.1, 0.15) is 0 Å². The van der Waals surface area contributed by atoms with Crippen molar-refractivity contribution < 1.29 is 0 Å². The number of hydrogen-bond acceptors (Lipinski definition) is 1. The molecule has 0 fully saturated rings. The SMILES string of the molecule is CCC=CCCCCC(C=N)CC. The fourth-order valence-corrected chi connectivity index (χ4v) is 1.36. The summed E-state index contributed by atoms with van der Waals surface area (Å²) in [5.74, 6) is 0.523. The normalized spacial score (nSPS) is 13.4. The van der Waals surface area contributed by atoms with Crippen molar-refractivity contribution in [2.24, 2.45) is 5.92 Å². The van der Waals surface area contributed by atoms with Gasteiger partial charge in [-0.25, -0.2) is 0 Å². The molecule has 1 N–H and O–H groups in total. The quantitative estimate of drug-likeness (QED) is 0.330.